The van der Waals surface area contributed by atoms with Gasteiger partial charge in [0.15, 0.2) is 9.84 Å². The normalized spacial score (nSPS) is 19.2. The first-order chi connectivity index (χ1) is 13.6. The van der Waals surface area contributed by atoms with E-state index in [2.05, 4.69) is 10.7 Å². The number of rotatable bonds is 6. The van der Waals surface area contributed by atoms with Crippen LogP contribution in [-0.2, 0) is 21.1 Å². The van der Waals surface area contributed by atoms with Crippen molar-refractivity contribution >= 4 is 27.7 Å². The average Bonchev–Trinajstić information content (AvgIpc) is 2.90. The Morgan fingerprint density at radius 3 is 2.45 bits per heavy atom. The molecule has 8 nitrogen and oxygen atoms in total. The lowest BCUT2D eigenvalue weighted by atomic mass is 9.93. The number of hydrazine groups is 1. The van der Waals surface area contributed by atoms with Gasteiger partial charge in [0.25, 0.3) is 11.8 Å². The molecule has 3 rings (SSSR count). The van der Waals surface area contributed by atoms with E-state index in [1.165, 1.54) is 24.3 Å². The lowest BCUT2D eigenvalue weighted by Crippen LogP contribution is -2.49. The summed E-state index contributed by atoms with van der Waals surface area (Å²) in [5.74, 6) is -1.34. The van der Waals surface area contributed by atoms with Crippen LogP contribution in [0.1, 0.15) is 29.3 Å². The van der Waals surface area contributed by atoms with E-state index in [0.29, 0.717) is 17.9 Å². The molecular formula is C20H21N3O5S. The predicted molar refractivity (Wildman–Crippen MR) is 106 cm³/mol. The van der Waals surface area contributed by atoms with Crippen LogP contribution in [0.15, 0.2) is 59.5 Å². The molecule has 9 heteroatoms. The van der Waals surface area contributed by atoms with Crippen molar-refractivity contribution in [1.29, 1.82) is 0 Å². The van der Waals surface area contributed by atoms with E-state index < -0.39 is 33.2 Å². The summed E-state index contributed by atoms with van der Waals surface area (Å²) in [5.41, 5.74) is 2.15. The quantitative estimate of drug-likeness (QED) is 0.697. The molecule has 0 radical (unpaired) electrons. The molecule has 1 unspecified atom stereocenters. The smallest absolute Gasteiger partial charge is 0.322 e. The summed E-state index contributed by atoms with van der Waals surface area (Å²) in [6.45, 7) is 1.60. The fourth-order valence-electron chi connectivity index (χ4n) is 3.03. The molecule has 1 saturated heterocycles. The van der Waals surface area contributed by atoms with E-state index in [1.807, 2.05) is 30.3 Å². The zero-order valence-electron chi connectivity index (χ0n) is 16.0. The topological polar surface area (TPSA) is 113 Å². The minimum Gasteiger partial charge on any atom is -0.322 e. The van der Waals surface area contributed by atoms with E-state index in [0.717, 1.165) is 11.8 Å². The molecule has 1 aliphatic heterocycles. The summed E-state index contributed by atoms with van der Waals surface area (Å²) < 4.78 is 23.3. The van der Waals surface area contributed by atoms with E-state index in [9.17, 15) is 22.8 Å². The molecule has 0 saturated carbocycles. The van der Waals surface area contributed by atoms with Crippen molar-refractivity contribution in [3.8, 4) is 0 Å². The van der Waals surface area contributed by atoms with E-state index in [1.54, 1.807) is 6.92 Å². The highest BCUT2D eigenvalue weighted by molar-refractivity contribution is 7.90. The highest BCUT2D eigenvalue weighted by Crippen LogP contribution is 2.22. The van der Waals surface area contributed by atoms with Crippen LogP contribution in [-0.4, -0.2) is 43.1 Å². The van der Waals surface area contributed by atoms with Crippen LogP contribution in [0.4, 0.5) is 4.79 Å². The van der Waals surface area contributed by atoms with Crippen molar-refractivity contribution in [2.45, 2.75) is 30.2 Å². The maximum absolute atomic E-state index is 12.8. The fourth-order valence-corrected chi connectivity index (χ4v) is 3.70. The monoisotopic (exact) mass is 415 g/mol. The summed E-state index contributed by atoms with van der Waals surface area (Å²) in [4.78, 5) is 37.5. The first-order valence-electron chi connectivity index (χ1n) is 8.92. The van der Waals surface area contributed by atoms with Gasteiger partial charge in [-0.3, -0.25) is 15.0 Å². The summed E-state index contributed by atoms with van der Waals surface area (Å²) >= 11 is 0. The molecule has 29 heavy (non-hydrogen) atoms. The third-order valence-corrected chi connectivity index (χ3v) is 5.87. The average molecular weight is 415 g/mol. The first kappa shape index (κ1) is 20.5. The van der Waals surface area contributed by atoms with Crippen molar-refractivity contribution in [2.24, 2.45) is 0 Å². The Hall–Kier alpha value is -3.20. The standard InChI is InChI=1S/C20H21N3O5S/c1-20(12-11-14-7-4-3-5-8-14)18(25)23(19(26)21-20)22-17(24)15-9-6-10-16(13-15)29(2,27)28/h3-10,13H,11-12H2,1-2H3,(H,21,26)(H,22,24). The summed E-state index contributed by atoms with van der Waals surface area (Å²) in [6.07, 6.45) is 1.96. The van der Waals surface area contributed by atoms with Gasteiger partial charge in [-0.05, 0) is 43.5 Å². The number of nitrogens with one attached hydrogen (secondary N) is 2. The number of hydrogen-bond donors (Lipinski definition) is 2. The van der Waals surface area contributed by atoms with Crippen molar-refractivity contribution in [2.75, 3.05) is 6.26 Å². The van der Waals surface area contributed by atoms with Gasteiger partial charge < -0.3 is 5.32 Å². The van der Waals surface area contributed by atoms with Gasteiger partial charge in [0.2, 0.25) is 0 Å². The molecule has 1 aliphatic rings. The van der Waals surface area contributed by atoms with Crippen molar-refractivity contribution in [3.05, 3.63) is 65.7 Å². The third-order valence-electron chi connectivity index (χ3n) is 4.76. The fraction of sp³-hybridized carbons (Fsp3) is 0.250. The van der Waals surface area contributed by atoms with Crippen molar-refractivity contribution in [3.63, 3.8) is 0 Å². The minimum absolute atomic E-state index is 0.0198. The second-order valence-corrected chi connectivity index (χ2v) is 9.15. The van der Waals surface area contributed by atoms with Crippen LogP contribution in [0, 0.1) is 0 Å². The number of amides is 4. The maximum atomic E-state index is 12.8. The molecule has 1 heterocycles. The van der Waals surface area contributed by atoms with Gasteiger partial charge in [0.1, 0.15) is 5.54 Å². The Morgan fingerprint density at radius 1 is 1.10 bits per heavy atom. The number of carbonyl (C=O) groups excluding carboxylic acids is 3. The lowest BCUT2D eigenvalue weighted by molar-refractivity contribution is -0.132. The Bertz CT molecular complexity index is 1070. The number of hydrogen-bond acceptors (Lipinski definition) is 5. The van der Waals surface area contributed by atoms with Gasteiger partial charge in [-0.15, -0.1) is 0 Å². The van der Waals surface area contributed by atoms with Crippen LogP contribution < -0.4 is 10.7 Å². The van der Waals surface area contributed by atoms with Gasteiger partial charge in [0.05, 0.1) is 4.90 Å². The molecule has 1 fully saturated rings. The number of sulfone groups is 1. The number of urea groups is 1. The van der Waals surface area contributed by atoms with Gasteiger partial charge in [-0.25, -0.2) is 13.2 Å². The summed E-state index contributed by atoms with van der Waals surface area (Å²) in [7, 11) is -3.50. The Balaban J connectivity index is 1.72. The van der Waals surface area contributed by atoms with Gasteiger partial charge in [-0.2, -0.15) is 5.01 Å². The second kappa shape index (κ2) is 7.67. The number of aryl methyl sites for hydroxylation is 1. The molecular weight excluding hydrogens is 394 g/mol. The molecule has 2 aromatic rings. The maximum Gasteiger partial charge on any atom is 0.344 e. The third kappa shape index (κ3) is 4.45. The molecule has 2 N–H and O–H groups in total. The van der Waals surface area contributed by atoms with Crippen LogP contribution in [0.25, 0.3) is 0 Å². The van der Waals surface area contributed by atoms with Crippen LogP contribution in [0.2, 0.25) is 0 Å². The van der Waals surface area contributed by atoms with E-state index >= 15 is 0 Å². The molecule has 0 aromatic heterocycles. The highest BCUT2D eigenvalue weighted by Gasteiger charge is 2.48. The Labute approximate surface area is 168 Å². The second-order valence-electron chi connectivity index (χ2n) is 7.13. The number of imide groups is 1. The molecule has 1 atom stereocenters. The molecule has 0 bridgehead atoms. The Morgan fingerprint density at radius 2 is 1.79 bits per heavy atom. The lowest BCUT2D eigenvalue weighted by Gasteiger charge is -2.21. The molecule has 0 aliphatic carbocycles. The van der Waals surface area contributed by atoms with Gasteiger partial charge in [-0.1, -0.05) is 36.4 Å². The summed E-state index contributed by atoms with van der Waals surface area (Å²) in [6, 6.07) is 14.2. The number of carbonyl (C=O) groups is 3. The Kier molecular flexibility index (Phi) is 5.43. The molecule has 0 spiro atoms. The zero-order chi connectivity index (χ0) is 21.2. The number of nitrogens with zero attached hydrogens (tertiary/aromatic N) is 1. The minimum atomic E-state index is -3.50. The van der Waals surface area contributed by atoms with E-state index in [4.69, 9.17) is 0 Å². The van der Waals surface area contributed by atoms with Crippen LogP contribution >= 0.6 is 0 Å². The molecule has 2 aromatic carbocycles. The van der Waals surface area contributed by atoms with Gasteiger partial charge >= 0.3 is 6.03 Å². The summed E-state index contributed by atoms with van der Waals surface area (Å²) in [5, 5.41) is 3.26. The molecule has 4 amide bonds. The van der Waals surface area contributed by atoms with E-state index in [-0.39, 0.29) is 10.5 Å². The largest absolute Gasteiger partial charge is 0.344 e. The van der Waals surface area contributed by atoms with Crippen LogP contribution in [0.5, 0.6) is 0 Å². The SMILES string of the molecule is CC1(CCc2ccccc2)NC(=O)N(NC(=O)c2cccc(S(C)(=O)=O)c2)C1=O. The number of benzene rings is 2. The van der Waals surface area contributed by atoms with Gasteiger partial charge in [0, 0.05) is 11.8 Å². The van der Waals surface area contributed by atoms with Crippen molar-refractivity contribution in [1.82, 2.24) is 15.8 Å². The first-order valence-corrected chi connectivity index (χ1v) is 10.8. The zero-order valence-corrected chi connectivity index (χ0v) is 16.8. The molecule has 152 valence electrons. The predicted octanol–water partition coefficient (Wildman–Crippen LogP) is 1.68. The van der Waals surface area contributed by atoms with Crippen molar-refractivity contribution < 1.29 is 22.8 Å². The van der Waals surface area contributed by atoms with Crippen LogP contribution in [0.3, 0.4) is 0 Å². The highest BCUT2D eigenvalue weighted by atomic mass is 32.2.